The molecular formula is C16H13N3O4. The van der Waals surface area contributed by atoms with Gasteiger partial charge in [-0.1, -0.05) is 12.1 Å². The number of nitrogens with zero attached hydrogens (tertiary/aromatic N) is 3. The highest BCUT2D eigenvalue weighted by Crippen LogP contribution is 2.34. The van der Waals surface area contributed by atoms with Crippen LogP contribution in [-0.2, 0) is 17.8 Å². The Morgan fingerprint density at radius 1 is 1.35 bits per heavy atom. The van der Waals surface area contributed by atoms with Crippen molar-refractivity contribution in [3.8, 4) is 17.1 Å². The highest BCUT2D eigenvalue weighted by atomic mass is 16.5. The zero-order valence-electron chi connectivity index (χ0n) is 12.3. The van der Waals surface area contributed by atoms with Crippen molar-refractivity contribution in [2.75, 3.05) is 7.11 Å². The number of esters is 1. The average Bonchev–Trinajstić information content (AvgIpc) is 2.94. The molecule has 0 saturated heterocycles. The number of hydrogen-bond acceptors (Lipinski definition) is 5. The summed E-state index contributed by atoms with van der Waals surface area (Å²) in [6.07, 6.45) is 1.52. The minimum absolute atomic E-state index is 0.0105. The van der Waals surface area contributed by atoms with Crippen molar-refractivity contribution >= 4 is 16.9 Å². The first-order chi connectivity index (χ1) is 11.1. The average molecular weight is 311 g/mol. The summed E-state index contributed by atoms with van der Waals surface area (Å²) < 4.78 is 8.26. The number of phenols is 1. The molecule has 0 atom stereocenters. The molecule has 0 amide bonds. The van der Waals surface area contributed by atoms with Gasteiger partial charge < -0.3 is 14.4 Å². The molecular weight excluding hydrogens is 298 g/mol. The predicted molar refractivity (Wildman–Crippen MR) is 82.4 cm³/mol. The van der Waals surface area contributed by atoms with E-state index in [0.717, 1.165) is 11.1 Å². The highest BCUT2D eigenvalue weighted by Gasteiger charge is 2.24. The van der Waals surface area contributed by atoms with Gasteiger partial charge in [-0.3, -0.25) is 9.48 Å². The minimum atomic E-state index is -0.646. The van der Waals surface area contributed by atoms with E-state index < -0.39 is 11.4 Å². The third kappa shape index (κ3) is 1.86. The van der Waals surface area contributed by atoms with Crippen molar-refractivity contribution in [1.29, 1.82) is 0 Å². The third-order valence-corrected chi connectivity index (χ3v) is 4.08. The molecule has 0 radical (unpaired) electrons. The molecule has 0 bridgehead atoms. The summed E-state index contributed by atoms with van der Waals surface area (Å²) in [5.74, 6) is -0.545. The molecule has 4 rings (SSSR count). The molecule has 1 N–H and O–H groups in total. The molecule has 7 nitrogen and oxygen atoms in total. The fraction of sp³-hybridized carbons (Fsp3) is 0.188. The summed E-state index contributed by atoms with van der Waals surface area (Å²) in [5.41, 5.74) is 1.54. The second-order valence-corrected chi connectivity index (χ2v) is 5.37. The number of hydrogen-bond donors (Lipinski definition) is 1. The normalized spacial score (nSPS) is 12.7. The molecule has 0 unspecified atom stereocenters. The molecule has 1 aromatic carbocycles. The van der Waals surface area contributed by atoms with Gasteiger partial charge in [-0.2, -0.15) is 5.10 Å². The highest BCUT2D eigenvalue weighted by molar-refractivity contribution is 5.96. The summed E-state index contributed by atoms with van der Waals surface area (Å²) in [6.45, 7) is 1.15. The van der Waals surface area contributed by atoms with Crippen LogP contribution in [0.3, 0.4) is 0 Å². The van der Waals surface area contributed by atoms with Crippen molar-refractivity contribution in [2.24, 2.45) is 0 Å². The maximum Gasteiger partial charge on any atom is 0.343 e. The molecule has 1 aliphatic heterocycles. The summed E-state index contributed by atoms with van der Waals surface area (Å²) in [4.78, 5) is 23.9. The molecule has 2 aromatic heterocycles. The number of phenolic OH excluding ortho intramolecular Hbond substituents is 1. The first-order valence-electron chi connectivity index (χ1n) is 7.12. The summed E-state index contributed by atoms with van der Waals surface area (Å²) in [5, 5.41) is 15.1. The maximum atomic E-state index is 12.2. The topological polar surface area (TPSA) is 86.3 Å². The van der Waals surface area contributed by atoms with E-state index in [2.05, 4.69) is 9.84 Å². The molecule has 7 heteroatoms. The van der Waals surface area contributed by atoms with Crippen LogP contribution in [0.2, 0.25) is 0 Å². The molecule has 0 spiro atoms. The Morgan fingerprint density at radius 3 is 2.96 bits per heavy atom. The minimum Gasteiger partial charge on any atom is -0.506 e. The molecule has 116 valence electrons. The lowest BCUT2D eigenvalue weighted by Gasteiger charge is -2.21. The number of aryl methyl sites for hydroxylation is 2. The van der Waals surface area contributed by atoms with Crippen molar-refractivity contribution in [3.63, 3.8) is 0 Å². The van der Waals surface area contributed by atoms with Crippen LogP contribution in [0, 0.1) is 0 Å². The quantitative estimate of drug-likeness (QED) is 0.686. The van der Waals surface area contributed by atoms with Gasteiger partial charge >= 0.3 is 5.97 Å². The summed E-state index contributed by atoms with van der Waals surface area (Å²) in [6, 6.07) is 6.58. The summed E-state index contributed by atoms with van der Waals surface area (Å²) in [7, 11) is 1.25. The van der Waals surface area contributed by atoms with Crippen LogP contribution < -0.4 is 5.43 Å². The van der Waals surface area contributed by atoms with Gasteiger partial charge in [0, 0.05) is 24.2 Å². The van der Waals surface area contributed by atoms with Crippen LogP contribution in [0.1, 0.15) is 10.4 Å². The van der Waals surface area contributed by atoms with Crippen LogP contribution in [0.5, 0.6) is 5.75 Å². The Morgan fingerprint density at radius 2 is 2.17 bits per heavy atom. The standard InChI is InChI=1S/C16H13N3O4/c1-23-16(22)10-8-18-5-6-19-15(11(18)7-13(10)21)9-3-2-4-12(20)14(9)17-19/h2-4,7-8,20H,5-6H2,1H3. The van der Waals surface area contributed by atoms with Gasteiger partial charge in [-0.05, 0) is 6.07 Å². The Labute approximate surface area is 130 Å². The maximum absolute atomic E-state index is 12.2. The Bertz CT molecular complexity index is 1020. The van der Waals surface area contributed by atoms with E-state index in [4.69, 9.17) is 0 Å². The number of carbonyl (C=O) groups excluding carboxylic acids is 1. The smallest absolute Gasteiger partial charge is 0.343 e. The van der Waals surface area contributed by atoms with Gasteiger partial charge in [0.2, 0.25) is 0 Å². The SMILES string of the molecule is COC(=O)c1cn2c(cc1=O)-c1c3cccc(O)c3nn1CC2. The molecule has 3 aromatic rings. The number of methoxy groups -OCH3 is 1. The number of fused-ring (bicyclic) bond motifs is 5. The fourth-order valence-electron chi connectivity index (χ4n) is 3.00. The second kappa shape index (κ2) is 4.70. The van der Waals surface area contributed by atoms with Crippen LogP contribution >= 0.6 is 0 Å². The van der Waals surface area contributed by atoms with Crippen molar-refractivity contribution in [2.45, 2.75) is 13.1 Å². The zero-order chi connectivity index (χ0) is 16.1. The largest absolute Gasteiger partial charge is 0.506 e. The van der Waals surface area contributed by atoms with E-state index in [1.165, 1.54) is 19.4 Å². The molecule has 0 fully saturated rings. The number of benzene rings is 1. The number of pyridine rings is 1. The van der Waals surface area contributed by atoms with Crippen LogP contribution in [0.4, 0.5) is 0 Å². The Hall–Kier alpha value is -3.09. The van der Waals surface area contributed by atoms with Gasteiger partial charge in [-0.15, -0.1) is 0 Å². The van der Waals surface area contributed by atoms with E-state index in [9.17, 15) is 14.7 Å². The van der Waals surface area contributed by atoms with E-state index in [1.807, 2.05) is 10.6 Å². The first-order valence-corrected chi connectivity index (χ1v) is 7.12. The lowest BCUT2D eigenvalue weighted by molar-refractivity contribution is 0.0598. The second-order valence-electron chi connectivity index (χ2n) is 5.37. The number of carbonyl (C=O) groups is 1. The van der Waals surface area contributed by atoms with Gasteiger partial charge in [0.15, 0.2) is 5.43 Å². The number of aromatic nitrogens is 3. The number of rotatable bonds is 1. The van der Waals surface area contributed by atoms with Crippen LogP contribution in [0.25, 0.3) is 22.3 Å². The van der Waals surface area contributed by atoms with E-state index in [0.29, 0.717) is 24.3 Å². The van der Waals surface area contributed by atoms with Crippen molar-refractivity contribution < 1.29 is 14.6 Å². The van der Waals surface area contributed by atoms with Crippen molar-refractivity contribution in [1.82, 2.24) is 14.3 Å². The molecule has 0 aliphatic carbocycles. The van der Waals surface area contributed by atoms with E-state index in [1.54, 1.807) is 16.8 Å². The van der Waals surface area contributed by atoms with E-state index in [-0.39, 0.29) is 11.3 Å². The van der Waals surface area contributed by atoms with Gasteiger partial charge in [0.05, 0.1) is 25.0 Å². The molecule has 0 saturated carbocycles. The monoisotopic (exact) mass is 311 g/mol. The lowest BCUT2D eigenvalue weighted by Crippen LogP contribution is -2.24. The third-order valence-electron chi connectivity index (χ3n) is 4.08. The van der Waals surface area contributed by atoms with Gasteiger partial charge in [0.25, 0.3) is 0 Å². The molecule has 3 heterocycles. The first kappa shape index (κ1) is 13.6. The molecule has 23 heavy (non-hydrogen) atoms. The van der Waals surface area contributed by atoms with Crippen LogP contribution in [0.15, 0.2) is 35.3 Å². The lowest BCUT2D eigenvalue weighted by atomic mass is 10.1. The molecule has 1 aliphatic rings. The van der Waals surface area contributed by atoms with E-state index >= 15 is 0 Å². The fourth-order valence-corrected chi connectivity index (χ4v) is 3.00. The Balaban J connectivity index is 2.02. The van der Waals surface area contributed by atoms with Crippen LogP contribution in [-0.4, -0.2) is 32.5 Å². The Kier molecular flexibility index (Phi) is 2.77. The number of ether oxygens (including phenoxy) is 1. The zero-order valence-corrected chi connectivity index (χ0v) is 12.3. The van der Waals surface area contributed by atoms with Gasteiger partial charge in [-0.25, -0.2) is 4.79 Å². The van der Waals surface area contributed by atoms with Gasteiger partial charge in [0.1, 0.15) is 16.8 Å². The van der Waals surface area contributed by atoms with Crippen molar-refractivity contribution in [3.05, 3.63) is 46.2 Å². The number of aromatic hydroxyl groups is 1. The predicted octanol–water partition coefficient (Wildman–Crippen LogP) is 1.37. The summed E-state index contributed by atoms with van der Waals surface area (Å²) >= 11 is 0.